The Morgan fingerprint density at radius 2 is 1.62 bits per heavy atom. The van der Waals surface area contributed by atoms with E-state index in [-0.39, 0.29) is 5.97 Å². The van der Waals surface area contributed by atoms with Crippen LogP contribution >= 0.6 is 0 Å². The molecule has 2 aromatic rings. The number of ether oxygens (including phenoxy) is 1. The Kier molecular flexibility index (Phi) is 6.27. The van der Waals surface area contributed by atoms with Crippen molar-refractivity contribution in [1.29, 1.82) is 0 Å². The Balaban J connectivity index is 1.61. The van der Waals surface area contributed by atoms with Crippen molar-refractivity contribution in [2.45, 2.75) is 19.3 Å². The summed E-state index contributed by atoms with van der Waals surface area (Å²) in [7, 11) is 0. The summed E-state index contributed by atoms with van der Waals surface area (Å²) in [5, 5.41) is 0. The summed E-state index contributed by atoms with van der Waals surface area (Å²) in [6.45, 7) is 0.332. The van der Waals surface area contributed by atoms with Crippen molar-refractivity contribution >= 4 is 12.0 Å². The van der Waals surface area contributed by atoms with Gasteiger partial charge in [-0.15, -0.1) is 0 Å². The molecule has 2 rings (SSSR count). The van der Waals surface area contributed by atoms with Crippen LogP contribution in [0.1, 0.15) is 24.0 Å². The molecule has 0 spiro atoms. The molecule has 2 heteroatoms. The molecule has 0 aromatic heterocycles. The Labute approximate surface area is 126 Å². The fraction of sp³-hybridized carbons (Fsp3) is 0.211. The molecular formula is C19H20O2. The summed E-state index contributed by atoms with van der Waals surface area (Å²) >= 11 is 0. The molecule has 0 fully saturated rings. The molecule has 108 valence electrons. The van der Waals surface area contributed by atoms with E-state index >= 15 is 0 Å². The van der Waals surface area contributed by atoms with Crippen LogP contribution in [0.2, 0.25) is 0 Å². The molecule has 0 atom stereocenters. The highest BCUT2D eigenvalue weighted by molar-refractivity contribution is 5.69. The molecule has 2 aromatic carbocycles. The number of esters is 1. The lowest BCUT2D eigenvalue weighted by molar-refractivity contribution is -0.142. The molecule has 0 aliphatic heterocycles. The summed E-state index contributed by atoms with van der Waals surface area (Å²) in [4.78, 5) is 11.6. The van der Waals surface area contributed by atoms with Crippen LogP contribution in [0, 0.1) is 0 Å². The topological polar surface area (TPSA) is 26.3 Å². The zero-order chi connectivity index (χ0) is 14.8. The van der Waals surface area contributed by atoms with Gasteiger partial charge in [-0.25, -0.2) is 0 Å². The number of carbonyl (C=O) groups excluding carboxylic acids is 1. The molecular weight excluding hydrogens is 260 g/mol. The van der Waals surface area contributed by atoms with Crippen molar-refractivity contribution in [2.75, 3.05) is 6.61 Å². The van der Waals surface area contributed by atoms with Gasteiger partial charge in [0.05, 0.1) is 0 Å². The number of benzene rings is 2. The van der Waals surface area contributed by atoms with Crippen LogP contribution in [0.15, 0.2) is 66.7 Å². The molecule has 0 heterocycles. The van der Waals surface area contributed by atoms with Crippen LogP contribution in [-0.2, 0) is 16.0 Å². The van der Waals surface area contributed by atoms with Crippen LogP contribution in [-0.4, -0.2) is 12.6 Å². The first-order valence-corrected chi connectivity index (χ1v) is 7.26. The summed E-state index contributed by atoms with van der Waals surface area (Å²) in [5.74, 6) is -0.136. The molecule has 0 amide bonds. The first-order valence-electron chi connectivity index (χ1n) is 7.26. The van der Waals surface area contributed by atoms with Gasteiger partial charge in [0.2, 0.25) is 0 Å². The maximum atomic E-state index is 11.6. The van der Waals surface area contributed by atoms with Gasteiger partial charge < -0.3 is 4.74 Å². The van der Waals surface area contributed by atoms with E-state index in [4.69, 9.17) is 4.74 Å². The molecule has 0 N–H and O–H groups in total. The minimum Gasteiger partial charge on any atom is -0.461 e. The first kappa shape index (κ1) is 15.0. The van der Waals surface area contributed by atoms with E-state index in [0.29, 0.717) is 13.0 Å². The smallest absolute Gasteiger partial charge is 0.306 e. The Morgan fingerprint density at radius 3 is 2.33 bits per heavy atom. The second kappa shape index (κ2) is 8.75. The van der Waals surface area contributed by atoms with E-state index in [0.717, 1.165) is 18.4 Å². The Bertz CT molecular complexity index is 559. The van der Waals surface area contributed by atoms with Crippen LogP contribution in [0.3, 0.4) is 0 Å². The van der Waals surface area contributed by atoms with Crippen LogP contribution in [0.5, 0.6) is 0 Å². The van der Waals surface area contributed by atoms with Crippen molar-refractivity contribution in [3.63, 3.8) is 0 Å². The predicted octanol–water partition coefficient (Wildman–Crippen LogP) is 4.27. The number of hydrogen-bond acceptors (Lipinski definition) is 2. The number of carbonyl (C=O) groups is 1. The zero-order valence-corrected chi connectivity index (χ0v) is 12.1. The molecule has 0 bridgehead atoms. The molecule has 0 aliphatic carbocycles. The van der Waals surface area contributed by atoms with Crippen molar-refractivity contribution in [3.8, 4) is 0 Å². The van der Waals surface area contributed by atoms with Crippen molar-refractivity contribution in [2.24, 2.45) is 0 Å². The lowest BCUT2D eigenvalue weighted by atomic mass is 10.1. The van der Waals surface area contributed by atoms with Gasteiger partial charge in [-0.2, -0.15) is 0 Å². The summed E-state index contributed by atoms with van der Waals surface area (Å²) in [6.07, 6.45) is 6.02. The van der Waals surface area contributed by atoms with Gasteiger partial charge in [-0.1, -0.05) is 66.7 Å². The monoisotopic (exact) mass is 280 g/mol. The van der Waals surface area contributed by atoms with Gasteiger partial charge in [-0.3, -0.25) is 4.79 Å². The third kappa shape index (κ3) is 6.09. The van der Waals surface area contributed by atoms with Gasteiger partial charge in [0.1, 0.15) is 6.61 Å². The van der Waals surface area contributed by atoms with Crippen molar-refractivity contribution in [3.05, 3.63) is 77.9 Å². The van der Waals surface area contributed by atoms with Gasteiger partial charge in [-0.05, 0) is 30.0 Å². The van der Waals surface area contributed by atoms with Crippen LogP contribution in [0.25, 0.3) is 6.08 Å². The molecule has 0 saturated carbocycles. The Morgan fingerprint density at radius 1 is 0.952 bits per heavy atom. The lowest BCUT2D eigenvalue weighted by Gasteiger charge is -2.02. The minimum absolute atomic E-state index is 0.136. The average Bonchev–Trinajstić information content (AvgIpc) is 2.54. The fourth-order valence-corrected chi connectivity index (χ4v) is 2.04. The second-order valence-electron chi connectivity index (χ2n) is 4.84. The van der Waals surface area contributed by atoms with E-state index in [1.165, 1.54) is 5.56 Å². The van der Waals surface area contributed by atoms with Gasteiger partial charge >= 0.3 is 5.97 Å². The van der Waals surface area contributed by atoms with E-state index in [2.05, 4.69) is 12.1 Å². The minimum atomic E-state index is -0.136. The van der Waals surface area contributed by atoms with E-state index in [1.807, 2.05) is 60.7 Å². The largest absolute Gasteiger partial charge is 0.461 e. The van der Waals surface area contributed by atoms with Gasteiger partial charge in [0.25, 0.3) is 0 Å². The molecule has 2 nitrogen and oxygen atoms in total. The standard InChI is InChI=1S/C19H20O2/c20-19(15-7-13-17-9-3-1-4-10-17)21-16-8-14-18-11-5-2-6-12-18/h1-6,8-12,14H,7,13,15-16H2. The number of rotatable bonds is 7. The maximum absolute atomic E-state index is 11.6. The van der Waals surface area contributed by atoms with Crippen molar-refractivity contribution < 1.29 is 9.53 Å². The summed E-state index contributed by atoms with van der Waals surface area (Å²) < 4.78 is 5.18. The highest BCUT2D eigenvalue weighted by atomic mass is 16.5. The van der Waals surface area contributed by atoms with Crippen LogP contribution < -0.4 is 0 Å². The molecule has 0 unspecified atom stereocenters. The normalized spacial score (nSPS) is 10.7. The van der Waals surface area contributed by atoms with Crippen LogP contribution in [0.4, 0.5) is 0 Å². The molecule has 0 saturated heterocycles. The summed E-state index contributed by atoms with van der Waals surface area (Å²) in [6, 6.07) is 20.1. The third-order valence-corrected chi connectivity index (χ3v) is 3.14. The third-order valence-electron chi connectivity index (χ3n) is 3.14. The Hall–Kier alpha value is -2.35. The maximum Gasteiger partial charge on any atom is 0.306 e. The molecule has 0 aliphatic rings. The highest BCUT2D eigenvalue weighted by Gasteiger charge is 2.01. The van der Waals surface area contributed by atoms with Gasteiger partial charge in [0.15, 0.2) is 0 Å². The molecule has 21 heavy (non-hydrogen) atoms. The van der Waals surface area contributed by atoms with Crippen molar-refractivity contribution in [1.82, 2.24) is 0 Å². The molecule has 0 radical (unpaired) electrons. The first-order chi connectivity index (χ1) is 10.3. The van der Waals surface area contributed by atoms with E-state index in [1.54, 1.807) is 0 Å². The van der Waals surface area contributed by atoms with E-state index in [9.17, 15) is 4.79 Å². The predicted molar refractivity (Wildman–Crippen MR) is 85.8 cm³/mol. The second-order valence-corrected chi connectivity index (χ2v) is 4.84. The average molecular weight is 280 g/mol. The lowest BCUT2D eigenvalue weighted by Crippen LogP contribution is -2.04. The van der Waals surface area contributed by atoms with E-state index < -0.39 is 0 Å². The summed E-state index contributed by atoms with van der Waals surface area (Å²) in [5.41, 5.74) is 2.37. The quantitative estimate of drug-likeness (QED) is 0.708. The fourth-order valence-electron chi connectivity index (χ4n) is 2.04. The number of aryl methyl sites for hydroxylation is 1. The highest BCUT2D eigenvalue weighted by Crippen LogP contribution is 2.05. The SMILES string of the molecule is O=C(CCCc1ccccc1)OCC=Cc1ccccc1. The zero-order valence-electron chi connectivity index (χ0n) is 12.1. The number of hydrogen-bond donors (Lipinski definition) is 0. The van der Waals surface area contributed by atoms with Gasteiger partial charge in [0, 0.05) is 6.42 Å².